The molecular weight excluding hydrogens is 304 g/mol. The summed E-state index contributed by atoms with van der Waals surface area (Å²) in [5, 5.41) is 5.48. The van der Waals surface area contributed by atoms with Crippen LogP contribution in [0.25, 0.3) is 0 Å². The minimum absolute atomic E-state index is 0.202. The quantitative estimate of drug-likeness (QED) is 0.893. The summed E-state index contributed by atoms with van der Waals surface area (Å²) in [6.45, 7) is 5.82. The summed E-state index contributed by atoms with van der Waals surface area (Å²) in [6.07, 6.45) is -0.552. The van der Waals surface area contributed by atoms with Crippen molar-refractivity contribution in [3.05, 3.63) is 65.7 Å². The summed E-state index contributed by atoms with van der Waals surface area (Å²) in [6, 6.07) is 16.4. The Balaban J connectivity index is 1.96. The molecule has 2 N–H and O–H groups in total. The Morgan fingerprint density at radius 3 is 2.38 bits per heavy atom. The lowest BCUT2D eigenvalue weighted by atomic mass is 10.1. The topological polar surface area (TPSA) is 67.4 Å². The van der Waals surface area contributed by atoms with Crippen molar-refractivity contribution in [1.82, 2.24) is 5.32 Å². The number of amides is 2. The summed E-state index contributed by atoms with van der Waals surface area (Å²) < 4.78 is 5.20. The third kappa shape index (κ3) is 5.76. The highest BCUT2D eigenvalue weighted by atomic mass is 16.6. The van der Waals surface area contributed by atoms with E-state index in [-0.39, 0.29) is 5.91 Å². The number of nitrogens with one attached hydrogen (secondary N) is 2. The van der Waals surface area contributed by atoms with Crippen molar-refractivity contribution in [2.45, 2.75) is 32.9 Å². The Kier molecular flexibility index (Phi) is 5.58. The van der Waals surface area contributed by atoms with Crippen molar-refractivity contribution in [3.8, 4) is 0 Å². The van der Waals surface area contributed by atoms with E-state index in [0.717, 1.165) is 5.56 Å². The van der Waals surface area contributed by atoms with E-state index in [1.165, 1.54) is 0 Å². The van der Waals surface area contributed by atoms with Crippen LogP contribution in [0.5, 0.6) is 0 Å². The van der Waals surface area contributed by atoms with Crippen LogP contribution in [-0.2, 0) is 11.3 Å². The highest BCUT2D eigenvalue weighted by Gasteiger charge is 2.16. The molecule has 0 aliphatic carbocycles. The molecule has 0 aliphatic rings. The largest absolute Gasteiger partial charge is 0.444 e. The van der Waals surface area contributed by atoms with Crippen LogP contribution in [0.15, 0.2) is 54.6 Å². The summed E-state index contributed by atoms with van der Waals surface area (Å²) >= 11 is 0. The molecule has 0 atom stereocenters. The maximum absolute atomic E-state index is 12.2. The van der Waals surface area contributed by atoms with Gasteiger partial charge in [0.2, 0.25) is 0 Å². The SMILES string of the molecule is CC(C)(C)OC(=O)Nc1cccc(C(=O)NCc2ccccc2)c1. The number of carbonyl (C=O) groups excluding carboxylic acids is 2. The predicted molar refractivity (Wildman–Crippen MR) is 93.9 cm³/mol. The van der Waals surface area contributed by atoms with E-state index in [1.807, 2.05) is 30.3 Å². The third-order valence-corrected chi connectivity index (χ3v) is 3.07. The minimum Gasteiger partial charge on any atom is -0.444 e. The summed E-state index contributed by atoms with van der Waals surface area (Å²) in [5.41, 5.74) is 1.43. The predicted octanol–water partition coefficient (Wildman–Crippen LogP) is 3.96. The molecule has 0 fully saturated rings. The Morgan fingerprint density at radius 2 is 1.71 bits per heavy atom. The molecule has 2 rings (SSSR count). The first-order valence-corrected chi connectivity index (χ1v) is 7.76. The molecular formula is C19H22N2O3. The first-order valence-electron chi connectivity index (χ1n) is 7.76. The highest BCUT2D eigenvalue weighted by Crippen LogP contribution is 2.14. The van der Waals surface area contributed by atoms with Crippen molar-refractivity contribution in [2.24, 2.45) is 0 Å². The molecule has 0 heterocycles. The zero-order valence-electron chi connectivity index (χ0n) is 14.1. The smallest absolute Gasteiger partial charge is 0.412 e. The van der Waals surface area contributed by atoms with Gasteiger partial charge in [-0.05, 0) is 44.5 Å². The molecule has 0 radical (unpaired) electrons. The molecule has 2 amide bonds. The zero-order chi connectivity index (χ0) is 17.6. The lowest BCUT2D eigenvalue weighted by molar-refractivity contribution is 0.0635. The highest BCUT2D eigenvalue weighted by molar-refractivity contribution is 5.96. The van der Waals surface area contributed by atoms with Gasteiger partial charge in [0.1, 0.15) is 5.60 Å². The molecule has 0 aromatic heterocycles. The van der Waals surface area contributed by atoms with Gasteiger partial charge in [-0.3, -0.25) is 10.1 Å². The van der Waals surface area contributed by atoms with Crippen LogP contribution < -0.4 is 10.6 Å². The lowest BCUT2D eigenvalue weighted by Crippen LogP contribution is -2.27. The Bertz CT molecular complexity index is 706. The molecule has 0 saturated heterocycles. The van der Waals surface area contributed by atoms with Crippen molar-refractivity contribution in [3.63, 3.8) is 0 Å². The van der Waals surface area contributed by atoms with Gasteiger partial charge in [-0.15, -0.1) is 0 Å². The minimum atomic E-state index is -0.575. The van der Waals surface area contributed by atoms with Gasteiger partial charge in [-0.25, -0.2) is 4.79 Å². The normalized spacial score (nSPS) is 10.8. The third-order valence-electron chi connectivity index (χ3n) is 3.07. The molecule has 2 aromatic carbocycles. The van der Waals surface area contributed by atoms with Crippen LogP contribution >= 0.6 is 0 Å². The van der Waals surface area contributed by atoms with Crippen molar-refractivity contribution in [1.29, 1.82) is 0 Å². The molecule has 0 unspecified atom stereocenters. The van der Waals surface area contributed by atoms with Gasteiger partial charge < -0.3 is 10.1 Å². The van der Waals surface area contributed by atoms with Gasteiger partial charge in [0.15, 0.2) is 0 Å². The lowest BCUT2D eigenvalue weighted by Gasteiger charge is -2.19. The van der Waals surface area contributed by atoms with E-state index < -0.39 is 11.7 Å². The van der Waals surface area contributed by atoms with Crippen LogP contribution in [0, 0.1) is 0 Å². The molecule has 0 aliphatic heterocycles. The Labute approximate surface area is 142 Å². The van der Waals surface area contributed by atoms with E-state index in [0.29, 0.717) is 17.8 Å². The molecule has 0 saturated carbocycles. The van der Waals surface area contributed by atoms with Crippen molar-refractivity contribution < 1.29 is 14.3 Å². The van der Waals surface area contributed by atoms with E-state index in [4.69, 9.17) is 4.74 Å². The molecule has 5 nitrogen and oxygen atoms in total. The average Bonchev–Trinajstić information content (AvgIpc) is 2.52. The summed E-state index contributed by atoms with van der Waals surface area (Å²) in [4.78, 5) is 24.0. The van der Waals surface area contributed by atoms with Gasteiger partial charge in [0.25, 0.3) is 5.91 Å². The van der Waals surface area contributed by atoms with Gasteiger partial charge >= 0.3 is 6.09 Å². The fraction of sp³-hybridized carbons (Fsp3) is 0.263. The molecule has 0 bridgehead atoms. The van der Waals surface area contributed by atoms with Crippen LogP contribution in [0.3, 0.4) is 0 Å². The van der Waals surface area contributed by atoms with Crippen molar-refractivity contribution >= 4 is 17.7 Å². The number of benzene rings is 2. The number of carbonyl (C=O) groups is 2. The monoisotopic (exact) mass is 326 g/mol. The molecule has 126 valence electrons. The molecule has 2 aromatic rings. The average molecular weight is 326 g/mol. The van der Waals surface area contributed by atoms with E-state index in [1.54, 1.807) is 45.0 Å². The number of rotatable bonds is 4. The second kappa shape index (κ2) is 7.64. The van der Waals surface area contributed by atoms with Crippen LogP contribution in [0.1, 0.15) is 36.7 Å². The van der Waals surface area contributed by atoms with Gasteiger partial charge in [0.05, 0.1) is 0 Å². The molecule has 5 heteroatoms. The van der Waals surface area contributed by atoms with E-state index >= 15 is 0 Å². The number of anilines is 1. The van der Waals surface area contributed by atoms with E-state index in [2.05, 4.69) is 10.6 Å². The van der Waals surface area contributed by atoms with Crippen LogP contribution in [0.2, 0.25) is 0 Å². The standard InChI is InChI=1S/C19H22N2O3/c1-19(2,3)24-18(23)21-16-11-7-10-15(12-16)17(22)20-13-14-8-5-4-6-9-14/h4-12H,13H2,1-3H3,(H,20,22)(H,21,23). The zero-order valence-corrected chi connectivity index (χ0v) is 14.1. The Morgan fingerprint density at radius 1 is 1.00 bits per heavy atom. The summed E-state index contributed by atoms with van der Waals surface area (Å²) in [7, 11) is 0. The maximum Gasteiger partial charge on any atom is 0.412 e. The summed E-state index contributed by atoms with van der Waals surface area (Å²) in [5.74, 6) is -0.202. The molecule has 0 spiro atoms. The van der Waals surface area contributed by atoms with Crippen molar-refractivity contribution in [2.75, 3.05) is 5.32 Å². The van der Waals surface area contributed by atoms with E-state index in [9.17, 15) is 9.59 Å². The number of ether oxygens (including phenoxy) is 1. The maximum atomic E-state index is 12.2. The fourth-order valence-electron chi connectivity index (χ4n) is 2.04. The number of hydrogen-bond acceptors (Lipinski definition) is 3. The second-order valence-electron chi connectivity index (χ2n) is 6.38. The Hall–Kier alpha value is -2.82. The van der Waals surface area contributed by atoms with Crippen LogP contribution in [0.4, 0.5) is 10.5 Å². The second-order valence-corrected chi connectivity index (χ2v) is 6.38. The van der Waals surface area contributed by atoms with Gasteiger partial charge in [-0.2, -0.15) is 0 Å². The van der Waals surface area contributed by atoms with Gasteiger partial charge in [0, 0.05) is 17.8 Å². The van der Waals surface area contributed by atoms with Gasteiger partial charge in [-0.1, -0.05) is 36.4 Å². The number of hydrogen-bond donors (Lipinski definition) is 2. The molecule has 24 heavy (non-hydrogen) atoms. The van der Waals surface area contributed by atoms with Crippen LogP contribution in [-0.4, -0.2) is 17.6 Å². The first-order chi connectivity index (χ1) is 11.3. The first kappa shape index (κ1) is 17.5. The fourth-order valence-corrected chi connectivity index (χ4v) is 2.04.